The monoisotopic (exact) mass is 436 g/mol. The predicted molar refractivity (Wildman–Crippen MR) is 120 cm³/mol. The van der Waals surface area contributed by atoms with Gasteiger partial charge in [0.1, 0.15) is 5.78 Å². The van der Waals surface area contributed by atoms with Gasteiger partial charge < -0.3 is 9.47 Å². The molecule has 5 heteroatoms. The quantitative estimate of drug-likeness (QED) is 0.401. The molecule has 4 saturated carbocycles. The molecular formula is C25H40O4S. The summed E-state index contributed by atoms with van der Waals surface area (Å²) in [5.41, 5.74) is 0.447. The van der Waals surface area contributed by atoms with Crippen molar-refractivity contribution < 1.29 is 19.1 Å². The molecule has 0 aromatic rings. The summed E-state index contributed by atoms with van der Waals surface area (Å²) in [7, 11) is 1.44. The van der Waals surface area contributed by atoms with Crippen molar-refractivity contribution in [2.45, 2.75) is 84.2 Å². The van der Waals surface area contributed by atoms with Crippen LogP contribution in [0.4, 0.5) is 0 Å². The third-order valence-corrected chi connectivity index (χ3v) is 10.6. The van der Waals surface area contributed by atoms with Crippen LogP contribution >= 0.6 is 11.8 Å². The second kappa shape index (κ2) is 9.13. The standard InChI is InChI=1S/C25H40O4S/c1-24-11-9-18(29-13-4-14-30-16-23(27)28-3)15-17(24)5-6-19-20-7-8-22(26)25(20,2)12-10-21(19)24/h17-21H,4-16H2,1-3H3/t17?,18-,19-,20-,21-,24-,25-/m0/s1. The van der Waals surface area contributed by atoms with Crippen molar-refractivity contribution in [2.75, 3.05) is 25.2 Å². The summed E-state index contributed by atoms with van der Waals surface area (Å²) in [6.07, 6.45) is 12.1. The van der Waals surface area contributed by atoms with Crippen molar-refractivity contribution >= 4 is 23.5 Å². The Hall–Kier alpha value is -0.550. The van der Waals surface area contributed by atoms with Crippen LogP contribution in [0.1, 0.15) is 78.1 Å². The summed E-state index contributed by atoms with van der Waals surface area (Å²) in [6, 6.07) is 0. The Morgan fingerprint density at radius 2 is 1.93 bits per heavy atom. The lowest BCUT2D eigenvalue weighted by atomic mass is 9.45. The number of esters is 1. The Bertz CT molecular complexity index is 651. The van der Waals surface area contributed by atoms with Crippen LogP contribution in [0.2, 0.25) is 0 Å². The lowest BCUT2D eigenvalue weighted by Crippen LogP contribution is -2.54. The first-order valence-corrected chi connectivity index (χ1v) is 13.3. The second-order valence-corrected chi connectivity index (χ2v) is 11.9. The van der Waals surface area contributed by atoms with Gasteiger partial charge in [0, 0.05) is 18.4 Å². The zero-order chi connectivity index (χ0) is 21.4. The van der Waals surface area contributed by atoms with E-state index in [1.165, 1.54) is 45.6 Å². The van der Waals surface area contributed by atoms with Crippen molar-refractivity contribution in [2.24, 2.45) is 34.5 Å². The summed E-state index contributed by atoms with van der Waals surface area (Å²) in [5, 5.41) is 0. The Balaban J connectivity index is 1.27. The fraction of sp³-hybridized carbons (Fsp3) is 0.920. The summed E-state index contributed by atoms with van der Waals surface area (Å²) < 4.78 is 10.9. The molecule has 0 aromatic heterocycles. The minimum atomic E-state index is -0.145. The molecule has 4 aliphatic carbocycles. The van der Waals surface area contributed by atoms with Crippen molar-refractivity contribution in [3.8, 4) is 0 Å². The predicted octanol–water partition coefficient (Wildman–Crippen LogP) is 5.28. The van der Waals surface area contributed by atoms with E-state index in [1.807, 2.05) is 0 Å². The lowest BCUT2D eigenvalue weighted by Gasteiger charge is -2.60. The number of Topliss-reactive ketones (excluding diaryl/α,β-unsaturated/α-hetero) is 1. The molecule has 0 amide bonds. The van der Waals surface area contributed by atoms with E-state index in [1.54, 1.807) is 11.8 Å². The highest BCUT2D eigenvalue weighted by Crippen LogP contribution is 2.65. The topological polar surface area (TPSA) is 52.6 Å². The van der Waals surface area contributed by atoms with Gasteiger partial charge in [-0.25, -0.2) is 0 Å². The Morgan fingerprint density at radius 1 is 1.10 bits per heavy atom. The molecule has 4 rings (SSSR count). The highest BCUT2D eigenvalue weighted by Gasteiger charge is 2.60. The van der Waals surface area contributed by atoms with E-state index >= 15 is 0 Å². The maximum absolute atomic E-state index is 12.6. The number of fused-ring (bicyclic) bond motifs is 5. The molecule has 7 atom stereocenters. The van der Waals surface area contributed by atoms with E-state index in [0.717, 1.165) is 55.8 Å². The Kier molecular flexibility index (Phi) is 6.89. The minimum absolute atomic E-state index is 0.00342. The van der Waals surface area contributed by atoms with Crippen LogP contribution < -0.4 is 0 Å². The number of ketones is 1. The molecular weight excluding hydrogens is 396 g/mol. The zero-order valence-electron chi connectivity index (χ0n) is 19.1. The molecule has 0 aliphatic heterocycles. The number of carbonyl (C=O) groups excluding carboxylic acids is 2. The fourth-order valence-corrected chi connectivity index (χ4v) is 8.52. The lowest BCUT2D eigenvalue weighted by molar-refractivity contribution is -0.145. The average molecular weight is 437 g/mol. The zero-order valence-corrected chi connectivity index (χ0v) is 19.9. The van der Waals surface area contributed by atoms with Gasteiger partial charge in [-0.1, -0.05) is 13.8 Å². The maximum Gasteiger partial charge on any atom is 0.315 e. The molecule has 0 N–H and O–H groups in total. The Morgan fingerprint density at radius 3 is 2.73 bits per heavy atom. The van der Waals surface area contributed by atoms with Gasteiger partial charge in [-0.15, -0.1) is 0 Å². The molecule has 0 radical (unpaired) electrons. The van der Waals surface area contributed by atoms with Gasteiger partial charge >= 0.3 is 5.97 Å². The van der Waals surface area contributed by atoms with Crippen LogP contribution in [0, 0.1) is 34.5 Å². The third-order valence-electron chi connectivity index (χ3n) is 9.56. The normalized spacial score (nSPS) is 42.9. The second-order valence-electron chi connectivity index (χ2n) is 10.8. The molecule has 170 valence electrons. The fourth-order valence-electron chi connectivity index (χ4n) is 7.77. The molecule has 4 nitrogen and oxygen atoms in total. The highest BCUT2D eigenvalue weighted by atomic mass is 32.2. The summed E-state index contributed by atoms with van der Waals surface area (Å²) in [6.45, 7) is 5.66. The van der Waals surface area contributed by atoms with Crippen molar-refractivity contribution in [3.05, 3.63) is 0 Å². The van der Waals surface area contributed by atoms with E-state index in [9.17, 15) is 9.59 Å². The van der Waals surface area contributed by atoms with E-state index in [4.69, 9.17) is 4.74 Å². The van der Waals surface area contributed by atoms with Crippen LogP contribution in [-0.4, -0.2) is 43.1 Å². The summed E-state index contributed by atoms with van der Waals surface area (Å²) >= 11 is 1.63. The first-order chi connectivity index (χ1) is 14.4. The molecule has 0 saturated heterocycles. The number of rotatable bonds is 7. The van der Waals surface area contributed by atoms with E-state index in [0.29, 0.717) is 29.0 Å². The van der Waals surface area contributed by atoms with Crippen molar-refractivity contribution in [3.63, 3.8) is 0 Å². The van der Waals surface area contributed by atoms with Crippen LogP contribution in [0.3, 0.4) is 0 Å². The molecule has 0 aromatic carbocycles. The average Bonchev–Trinajstić information content (AvgIpc) is 3.05. The number of hydrogen-bond acceptors (Lipinski definition) is 5. The first kappa shape index (κ1) is 22.6. The van der Waals surface area contributed by atoms with Gasteiger partial charge in [-0.05, 0) is 92.6 Å². The molecule has 4 aliphatic rings. The number of ether oxygens (including phenoxy) is 2. The largest absolute Gasteiger partial charge is 0.468 e. The number of methoxy groups -OCH3 is 1. The van der Waals surface area contributed by atoms with Gasteiger partial charge in [0.25, 0.3) is 0 Å². The van der Waals surface area contributed by atoms with Crippen molar-refractivity contribution in [1.29, 1.82) is 0 Å². The van der Waals surface area contributed by atoms with Crippen LogP contribution in [-0.2, 0) is 19.1 Å². The molecule has 30 heavy (non-hydrogen) atoms. The van der Waals surface area contributed by atoms with Gasteiger partial charge in [0.2, 0.25) is 0 Å². The summed E-state index contributed by atoms with van der Waals surface area (Å²) in [4.78, 5) is 23.7. The molecule has 0 spiro atoms. The number of thioether (sulfide) groups is 1. The number of hydrogen-bond donors (Lipinski definition) is 0. The minimum Gasteiger partial charge on any atom is -0.468 e. The van der Waals surface area contributed by atoms with Gasteiger partial charge in [-0.2, -0.15) is 11.8 Å². The highest BCUT2D eigenvalue weighted by molar-refractivity contribution is 7.99. The molecule has 0 bridgehead atoms. The first-order valence-electron chi connectivity index (χ1n) is 12.2. The van der Waals surface area contributed by atoms with Crippen molar-refractivity contribution in [1.82, 2.24) is 0 Å². The van der Waals surface area contributed by atoms with Crippen LogP contribution in [0.5, 0.6) is 0 Å². The molecule has 1 unspecified atom stereocenters. The van der Waals surface area contributed by atoms with Crippen LogP contribution in [0.15, 0.2) is 0 Å². The SMILES string of the molecule is COC(=O)CSCCCO[C@H]1CC[C@@]2(C)C(CC[C@@H]3[C@@H]2CC[C@]2(C)C(=O)CC[C@@H]32)C1. The third kappa shape index (κ3) is 4.10. The van der Waals surface area contributed by atoms with E-state index in [2.05, 4.69) is 18.6 Å². The number of carbonyl (C=O) groups is 2. The van der Waals surface area contributed by atoms with Crippen LogP contribution in [0.25, 0.3) is 0 Å². The Labute approximate surface area is 186 Å². The van der Waals surface area contributed by atoms with Gasteiger partial charge in [-0.3, -0.25) is 9.59 Å². The van der Waals surface area contributed by atoms with E-state index in [-0.39, 0.29) is 11.4 Å². The van der Waals surface area contributed by atoms with Gasteiger partial charge in [0.15, 0.2) is 0 Å². The molecule has 0 heterocycles. The smallest absolute Gasteiger partial charge is 0.315 e. The maximum atomic E-state index is 12.6. The van der Waals surface area contributed by atoms with Gasteiger partial charge in [0.05, 0.1) is 19.0 Å². The van der Waals surface area contributed by atoms with E-state index < -0.39 is 0 Å². The summed E-state index contributed by atoms with van der Waals surface area (Å²) in [5.74, 6) is 4.83. The molecule has 4 fully saturated rings.